The van der Waals surface area contributed by atoms with E-state index in [1.165, 1.54) is 4.68 Å². The maximum atomic E-state index is 13.6. The largest absolute Gasteiger partial charge is 0.306 e. The summed E-state index contributed by atoms with van der Waals surface area (Å²) >= 11 is 1.79. The van der Waals surface area contributed by atoms with E-state index in [4.69, 9.17) is 0 Å². The number of hydrogen-bond donors (Lipinski definition) is 0. The number of rotatable bonds is 3. The third-order valence-electron chi connectivity index (χ3n) is 4.36. The number of nitrogens with zero attached hydrogens (tertiary/aromatic N) is 5. The van der Waals surface area contributed by atoms with Gasteiger partial charge in [0.05, 0.1) is 5.69 Å². The second-order valence-corrected chi connectivity index (χ2v) is 7.34. The minimum absolute atomic E-state index is 0.107. The first-order valence-electron chi connectivity index (χ1n) is 8.80. The number of anilines is 1. The maximum absolute atomic E-state index is 13.6. The predicted octanol–water partition coefficient (Wildman–Crippen LogP) is 3.51. The highest BCUT2D eigenvalue weighted by Crippen LogP contribution is 2.34. The molecule has 1 aliphatic heterocycles. The van der Waals surface area contributed by atoms with Crippen LogP contribution in [-0.2, 0) is 4.79 Å². The highest BCUT2D eigenvalue weighted by Gasteiger charge is 2.26. The second kappa shape index (κ2) is 7.75. The van der Waals surface area contributed by atoms with Crippen LogP contribution in [-0.4, -0.2) is 38.4 Å². The van der Waals surface area contributed by atoms with Crippen molar-refractivity contribution in [3.05, 3.63) is 66.0 Å². The summed E-state index contributed by atoms with van der Waals surface area (Å²) in [6, 6.07) is 17.8. The van der Waals surface area contributed by atoms with E-state index in [0.29, 0.717) is 18.1 Å². The molecule has 0 unspecified atom stereocenters. The maximum Gasteiger partial charge on any atom is 0.277 e. The van der Waals surface area contributed by atoms with E-state index < -0.39 is 0 Å². The fourth-order valence-corrected chi connectivity index (χ4v) is 4.05. The molecule has 0 atom stereocenters. The minimum Gasteiger partial charge on any atom is -0.306 e. The Hall–Kier alpha value is -2.93. The molecule has 0 aliphatic carbocycles. The summed E-state index contributed by atoms with van der Waals surface area (Å²) in [6.45, 7) is 2.45. The number of thioether (sulfide) groups is 1. The van der Waals surface area contributed by atoms with Gasteiger partial charge in [0.1, 0.15) is 5.70 Å². The molecule has 1 amide bonds. The zero-order chi connectivity index (χ0) is 18.6. The van der Waals surface area contributed by atoms with Crippen LogP contribution in [0.15, 0.2) is 59.5 Å². The Balaban J connectivity index is 1.80. The smallest absolute Gasteiger partial charge is 0.277 e. The molecule has 0 spiro atoms. The van der Waals surface area contributed by atoms with E-state index in [1.54, 1.807) is 18.7 Å². The van der Waals surface area contributed by atoms with E-state index in [0.717, 1.165) is 28.3 Å². The Labute approximate surface area is 161 Å². The van der Waals surface area contributed by atoms with Gasteiger partial charge in [-0.3, -0.25) is 4.79 Å². The van der Waals surface area contributed by atoms with Crippen molar-refractivity contribution in [1.29, 1.82) is 0 Å². The molecule has 6 nitrogen and oxygen atoms in total. The number of carbonyl (C=O) groups is 1. The van der Waals surface area contributed by atoms with Crippen molar-refractivity contribution >= 4 is 35.1 Å². The van der Waals surface area contributed by atoms with E-state index >= 15 is 0 Å². The SMILES string of the molecule is Cc1nnnn1/C(=C\c1ccccc1)C(=O)N1CCCSc2ccccc21. The van der Waals surface area contributed by atoms with Gasteiger partial charge in [0.15, 0.2) is 5.82 Å². The summed E-state index contributed by atoms with van der Waals surface area (Å²) in [5, 5.41) is 11.7. The molecule has 136 valence electrons. The van der Waals surface area contributed by atoms with Crippen LogP contribution in [0.2, 0.25) is 0 Å². The van der Waals surface area contributed by atoms with Crippen molar-refractivity contribution in [2.75, 3.05) is 17.2 Å². The lowest BCUT2D eigenvalue weighted by Crippen LogP contribution is -2.34. The van der Waals surface area contributed by atoms with Crippen molar-refractivity contribution in [1.82, 2.24) is 20.2 Å². The standard InChI is InChI=1S/C20H19N5OS/c1-15-21-22-23-25(15)18(14-16-8-3-2-4-9-16)20(26)24-12-7-13-27-19-11-6-5-10-17(19)24/h2-6,8-11,14H,7,12-13H2,1H3/b18-14-. The predicted molar refractivity (Wildman–Crippen MR) is 107 cm³/mol. The van der Waals surface area contributed by atoms with E-state index in [-0.39, 0.29) is 5.91 Å². The molecule has 0 saturated carbocycles. The second-order valence-electron chi connectivity index (χ2n) is 6.20. The third-order valence-corrected chi connectivity index (χ3v) is 5.51. The number of carbonyl (C=O) groups excluding carboxylic acids is 1. The van der Waals surface area contributed by atoms with Gasteiger partial charge in [-0.2, -0.15) is 4.68 Å². The Morgan fingerprint density at radius 1 is 1.11 bits per heavy atom. The monoisotopic (exact) mass is 377 g/mol. The van der Waals surface area contributed by atoms with Crippen LogP contribution in [0.1, 0.15) is 17.8 Å². The minimum atomic E-state index is -0.107. The number of fused-ring (bicyclic) bond motifs is 1. The summed E-state index contributed by atoms with van der Waals surface area (Å²) in [4.78, 5) is 16.6. The number of benzene rings is 2. The number of hydrogen-bond acceptors (Lipinski definition) is 5. The molecule has 7 heteroatoms. The fraction of sp³-hybridized carbons (Fsp3) is 0.200. The molecule has 2 heterocycles. The van der Waals surface area contributed by atoms with Crippen LogP contribution in [0.25, 0.3) is 11.8 Å². The highest BCUT2D eigenvalue weighted by molar-refractivity contribution is 7.99. The summed E-state index contributed by atoms with van der Waals surface area (Å²) in [5.74, 6) is 1.45. The summed E-state index contributed by atoms with van der Waals surface area (Å²) < 4.78 is 1.51. The molecular formula is C20H19N5OS. The Bertz CT molecular complexity index is 983. The first kappa shape index (κ1) is 17.5. The van der Waals surface area contributed by atoms with Gasteiger partial charge >= 0.3 is 0 Å². The van der Waals surface area contributed by atoms with Gasteiger partial charge in [0.25, 0.3) is 5.91 Å². The van der Waals surface area contributed by atoms with Crippen molar-refractivity contribution < 1.29 is 4.79 Å². The topological polar surface area (TPSA) is 63.9 Å². The first-order valence-corrected chi connectivity index (χ1v) is 9.78. The number of amides is 1. The first-order chi connectivity index (χ1) is 13.2. The fourth-order valence-electron chi connectivity index (χ4n) is 3.05. The molecule has 0 radical (unpaired) electrons. The van der Waals surface area contributed by atoms with Gasteiger partial charge in [-0.1, -0.05) is 42.5 Å². The lowest BCUT2D eigenvalue weighted by molar-refractivity contribution is -0.113. The average Bonchev–Trinajstić information content (AvgIpc) is 3.00. The quantitative estimate of drug-likeness (QED) is 0.654. The Morgan fingerprint density at radius 3 is 2.67 bits per heavy atom. The van der Waals surface area contributed by atoms with Crippen LogP contribution in [0, 0.1) is 6.92 Å². The molecule has 1 aliphatic rings. The van der Waals surface area contributed by atoms with Gasteiger partial charge < -0.3 is 4.90 Å². The average molecular weight is 377 g/mol. The Morgan fingerprint density at radius 2 is 1.89 bits per heavy atom. The van der Waals surface area contributed by atoms with Gasteiger partial charge in [0.2, 0.25) is 0 Å². The molecule has 0 N–H and O–H groups in total. The van der Waals surface area contributed by atoms with Crippen LogP contribution < -0.4 is 4.90 Å². The van der Waals surface area contributed by atoms with Gasteiger partial charge in [0, 0.05) is 11.4 Å². The summed E-state index contributed by atoms with van der Waals surface area (Å²) in [7, 11) is 0. The molecule has 0 saturated heterocycles. The zero-order valence-corrected chi connectivity index (χ0v) is 15.8. The van der Waals surface area contributed by atoms with Crippen LogP contribution in [0.4, 0.5) is 5.69 Å². The molecule has 1 aromatic heterocycles. The van der Waals surface area contributed by atoms with Crippen LogP contribution >= 0.6 is 11.8 Å². The van der Waals surface area contributed by atoms with Crippen molar-refractivity contribution in [3.63, 3.8) is 0 Å². The zero-order valence-electron chi connectivity index (χ0n) is 14.9. The number of tetrazole rings is 1. The summed E-state index contributed by atoms with van der Waals surface area (Å²) in [6.07, 6.45) is 2.77. The van der Waals surface area contributed by atoms with Crippen LogP contribution in [0.5, 0.6) is 0 Å². The molecule has 4 rings (SSSR count). The molecule has 2 aromatic carbocycles. The molecule has 0 fully saturated rings. The van der Waals surface area contributed by atoms with Crippen molar-refractivity contribution in [3.8, 4) is 0 Å². The Kier molecular flexibility index (Phi) is 5.02. The highest BCUT2D eigenvalue weighted by atomic mass is 32.2. The number of aryl methyl sites for hydroxylation is 1. The molecule has 27 heavy (non-hydrogen) atoms. The van der Waals surface area contributed by atoms with E-state index in [9.17, 15) is 4.79 Å². The number of aromatic nitrogens is 4. The third kappa shape index (κ3) is 3.64. The van der Waals surface area contributed by atoms with Crippen molar-refractivity contribution in [2.24, 2.45) is 0 Å². The van der Waals surface area contributed by atoms with Crippen LogP contribution in [0.3, 0.4) is 0 Å². The molecule has 3 aromatic rings. The van der Waals surface area contributed by atoms with Gasteiger partial charge in [-0.25, -0.2) is 0 Å². The van der Waals surface area contributed by atoms with E-state index in [2.05, 4.69) is 21.6 Å². The lowest BCUT2D eigenvalue weighted by Gasteiger charge is -2.23. The lowest BCUT2D eigenvalue weighted by atomic mass is 10.1. The van der Waals surface area contributed by atoms with Crippen molar-refractivity contribution in [2.45, 2.75) is 18.2 Å². The summed E-state index contributed by atoms with van der Waals surface area (Å²) in [5.41, 5.74) is 2.30. The molecule has 0 bridgehead atoms. The van der Waals surface area contributed by atoms with Gasteiger partial charge in [-0.15, -0.1) is 16.9 Å². The number of para-hydroxylation sites is 1. The normalized spacial score (nSPS) is 14.6. The molecular weight excluding hydrogens is 358 g/mol. The van der Waals surface area contributed by atoms with Gasteiger partial charge in [-0.05, 0) is 53.3 Å². The van der Waals surface area contributed by atoms with E-state index in [1.807, 2.05) is 59.5 Å².